The number of H-pyrrole nitrogens is 1. The lowest BCUT2D eigenvalue weighted by molar-refractivity contribution is 0.340. The van der Waals surface area contributed by atoms with Crippen molar-refractivity contribution in [1.82, 2.24) is 9.97 Å². The van der Waals surface area contributed by atoms with Gasteiger partial charge in [0.1, 0.15) is 17.3 Å². The van der Waals surface area contributed by atoms with E-state index >= 15 is 0 Å². The van der Waals surface area contributed by atoms with Gasteiger partial charge in [-0.3, -0.25) is 4.79 Å². The minimum absolute atomic E-state index is 0.215. The molecule has 1 aromatic heterocycles. The molecule has 6 heteroatoms. The van der Waals surface area contributed by atoms with Gasteiger partial charge in [0.05, 0.1) is 12.2 Å². The number of rotatable bonds is 3. The highest BCUT2D eigenvalue weighted by Crippen LogP contribution is 2.35. The average molecular weight is 355 g/mol. The Morgan fingerprint density at radius 2 is 2.16 bits per heavy atom. The summed E-state index contributed by atoms with van der Waals surface area (Å²) in [5.74, 6) is 2.17. The lowest BCUT2D eigenvalue weighted by atomic mass is 10.0. The normalized spacial score (nSPS) is 12.1. The first kappa shape index (κ1) is 15.7. The van der Waals surface area contributed by atoms with Crippen LogP contribution in [0, 0.1) is 0 Å². The van der Waals surface area contributed by atoms with Crippen LogP contribution in [0.4, 0.5) is 0 Å². The van der Waals surface area contributed by atoms with Crippen molar-refractivity contribution >= 4 is 11.6 Å². The first-order valence-electron chi connectivity index (χ1n) is 7.96. The van der Waals surface area contributed by atoms with Crippen LogP contribution in [0.2, 0.25) is 5.02 Å². The Morgan fingerprint density at radius 1 is 1.28 bits per heavy atom. The summed E-state index contributed by atoms with van der Waals surface area (Å²) in [4.78, 5) is 19.9. The summed E-state index contributed by atoms with van der Waals surface area (Å²) >= 11 is 6.02. The van der Waals surface area contributed by atoms with Gasteiger partial charge in [-0.15, -0.1) is 0 Å². The number of benzene rings is 2. The van der Waals surface area contributed by atoms with E-state index in [1.807, 2.05) is 31.2 Å². The summed E-state index contributed by atoms with van der Waals surface area (Å²) < 4.78 is 11.3. The molecule has 0 radical (unpaired) electrons. The summed E-state index contributed by atoms with van der Waals surface area (Å²) in [6.45, 7) is 2.49. The van der Waals surface area contributed by atoms with Gasteiger partial charge in [-0.1, -0.05) is 23.7 Å². The van der Waals surface area contributed by atoms with Gasteiger partial charge in [0.2, 0.25) is 5.88 Å². The van der Waals surface area contributed by atoms with Crippen molar-refractivity contribution < 1.29 is 9.47 Å². The van der Waals surface area contributed by atoms with Crippen LogP contribution in [-0.2, 0) is 6.42 Å². The number of nitrogens with one attached hydrogen (secondary N) is 1. The smallest absolute Gasteiger partial charge is 0.258 e. The minimum atomic E-state index is -0.215. The van der Waals surface area contributed by atoms with Crippen molar-refractivity contribution in [2.75, 3.05) is 6.61 Å². The maximum atomic E-state index is 12.5. The zero-order valence-electron chi connectivity index (χ0n) is 13.5. The third kappa shape index (κ3) is 2.98. The molecule has 126 valence electrons. The van der Waals surface area contributed by atoms with Gasteiger partial charge in [-0.05, 0) is 37.3 Å². The van der Waals surface area contributed by atoms with Crippen LogP contribution in [0.1, 0.15) is 18.1 Å². The molecule has 0 amide bonds. The van der Waals surface area contributed by atoms with Gasteiger partial charge in [-0.25, -0.2) is 0 Å². The van der Waals surface area contributed by atoms with E-state index in [1.54, 1.807) is 18.2 Å². The quantitative estimate of drug-likeness (QED) is 0.599. The first-order chi connectivity index (χ1) is 12.1. The number of nitrogens with zero attached hydrogens (tertiary/aromatic N) is 1. The molecule has 1 N–H and O–H groups in total. The predicted molar refractivity (Wildman–Crippen MR) is 95.8 cm³/mol. The zero-order valence-corrected chi connectivity index (χ0v) is 14.3. The number of aromatic nitrogens is 2. The van der Waals surface area contributed by atoms with E-state index in [0.717, 1.165) is 16.9 Å². The van der Waals surface area contributed by atoms with Crippen molar-refractivity contribution in [2.45, 2.75) is 13.3 Å². The largest absolute Gasteiger partial charge is 0.494 e. The fraction of sp³-hybridized carbons (Fsp3) is 0.158. The topological polar surface area (TPSA) is 64.2 Å². The maximum Gasteiger partial charge on any atom is 0.258 e. The number of fused-ring (bicyclic) bond motifs is 2. The summed E-state index contributed by atoms with van der Waals surface area (Å²) in [5, 5.41) is 0.611. The lowest BCUT2D eigenvalue weighted by Gasteiger charge is -2.19. The molecule has 0 aliphatic carbocycles. The minimum Gasteiger partial charge on any atom is -0.494 e. The third-order valence-corrected chi connectivity index (χ3v) is 4.23. The molecule has 0 atom stereocenters. The van der Waals surface area contributed by atoms with Gasteiger partial charge in [0, 0.05) is 22.6 Å². The molecule has 0 saturated carbocycles. The van der Waals surface area contributed by atoms with E-state index < -0.39 is 0 Å². The molecule has 0 saturated heterocycles. The monoisotopic (exact) mass is 354 g/mol. The molecule has 2 heterocycles. The molecular weight excluding hydrogens is 340 g/mol. The molecular formula is C19H15ClN2O3. The number of ether oxygens (including phenoxy) is 2. The van der Waals surface area contributed by atoms with E-state index in [9.17, 15) is 4.79 Å². The van der Waals surface area contributed by atoms with Gasteiger partial charge in [0.15, 0.2) is 0 Å². The summed E-state index contributed by atoms with van der Waals surface area (Å²) in [5.41, 5.74) is 1.92. The van der Waals surface area contributed by atoms with Crippen molar-refractivity contribution in [2.24, 2.45) is 0 Å². The number of aromatic amines is 1. The highest BCUT2D eigenvalue weighted by atomic mass is 35.5. The maximum absolute atomic E-state index is 12.5. The van der Waals surface area contributed by atoms with Crippen molar-refractivity contribution in [3.63, 3.8) is 0 Å². The number of hydrogen-bond donors (Lipinski definition) is 1. The molecule has 25 heavy (non-hydrogen) atoms. The second kappa shape index (κ2) is 6.26. The van der Waals surface area contributed by atoms with E-state index in [2.05, 4.69) is 9.97 Å². The van der Waals surface area contributed by atoms with E-state index in [0.29, 0.717) is 41.1 Å². The standard InChI is InChI=1S/C19H15ClN2O3/c1-2-24-14-5-3-4-11(9-14)17-21-18(23)15-10-12-8-13(20)6-7-16(12)25-19(15)22-17/h3-9H,2,10H2,1H3,(H,21,22,23). The Labute approximate surface area is 149 Å². The van der Waals surface area contributed by atoms with Crippen LogP contribution < -0.4 is 15.0 Å². The molecule has 0 fully saturated rings. The lowest BCUT2D eigenvalue weighted by Crippen LogP contribution is -2.20. The second-order valence-corrected chi connectivity index (χ2v) is 6.13. The third-order valence-electron chi connectivity index (χ3n) is 3.99. The molecule has 0 unspecified atom stereocenters. The Bertz CT molecular complexity index is 1010. The summed E-state index contributed by atoms with van der Waals surface area (Å²) in [6.07, 6.45) is 0.437. The van der Waals surface area contributed by atoms with E-state index in [1.165, 1.54) is 0 Å². The SMILES string of the molecule is CCOc1cccc(-c2nc3c(c(=O)[nH]2)Cc2cc(Cl)ccc2O3)c1. The van der Waals surface area contributed by atoms with Crippen molar-refractivity contribution in [3.05, 3.63) is 69.0 Å². The number of halogens is 1. The molecule has 0 spiro atoms. The Hall–Kier alpha value is -2.79. The van der Waals surface area contributed by atoms with Crippen LogP contribution in [0.5, 0.6) is 17.4 Å². The second-order valence-electron chi connectivity index (χ2n) is 5.69. The molecule has 5 nitrogen and oxygen atoms in total. The van der Waals surface area contributed by atoms with Gasteiger partial charge in [0.25, 0.3) is 5.56 Å². The van der Waals surface area contributed by atoms with Crippen molar-refractivity contribution in [3.8, 4) is 28.8 Å². The Kier molecular flexibility index (Phi) is 3.93. The van der Waals surface area contributed by atoms with Crippen LogP contribution in [0.15, 0.2) is 47.3 Å². The fourth-order valence-corrected chi connectivity index (χ4v) is 3.03. The molecule has 3 aromatic rings. The first-order valence-corrected chi connectivity index (χ1v) is 8.34. The van der Waals surface area contributed by atoms with Crippen molar-refractivity contribution in [1.29, 1.82) is 0 Å². The highest BCUT2D eigenvalue weighted by molar-refractivity contribution is 6.30. The van der Waals surface area contributed by atoms with E-state index in [4.69, 9.17) is 21.1 Å². The Balaban J connectivity index is 1.76. The van der Waals surface area contributed by atoms with E-state index in [-0.39, 0.29) is 5.56 Å². The molecule has 2 aromatic carbocycles. The molecule has 0 bridgehead atoms. The van der Waals surface area contributed by atoms with Crippen LogP contribution in [0.3, 0.4) is 0 Å². The fourth-order valence-electron chi connectivity index (χ4n) is 2.83. The summed E-state index contributed by atoms with van der Waals surface area (Å²) in [7, 11) is 0. The number of hydrogen-bond acceptors (Lipinski definition) is 4. The predicted octanol–water partition coefficient (Wildman–Crippen LogP) is 4.19. The van der Waals surface area contributed by atoms with Crippen LogP contribution in [-0.4, -0.2) is 16.6 Å². The highest BCUT2D eigenvalue weighted by Gasteiger charge is 2.22. The van der Waals surface area contributed by atoms with Gasteiger partial charge < -0.3 is 14.5 Å². The molecule has 1 aliphatic rings. The van der Waals surface area contributed by atoms with Crippen LogP contribution >= 0.6 is 11.6 Å². The van der Waals surface area contributed by atoms with Crippen LogP contribution in [0.25, 0.3) is 11.4 Å². The van der Waals surface area contributed by atoms with Gasteiger partial charge >= 0.3 is 0 Å². The van der Waals surface area contributed by atoms with Gasteiger partial charge in [-0.2, -0.15) is 4.98 Å². The molecule has 4 rings (SSSR count). The summed E-state index contributed by atoms with van der Waals surface area (Å²) in [6, 6.07) is 12.8. The molecule has 1 aliphatic heterocycles. The Morgan fingerprint density at radius 3 is 3.00 bits per heavy atom. The average Bonchev–Trinajstić information content (AvgIpc) is 2.61. The zero-order chi connectivity index (χ0) is 17.4.